The summed E-state index contributed by atoms with van der Waals surface area (Å²) < 4.78 is 33.7. The first kappa shape index (κ1) is 17.1. The smallest absolute Gasteiger partial charge is 0.240 e. The second-order valence-corrected chi connectivity index (χ2v) is 8.04. The van der Waals surface area contributed by atoms with E-state index in [1.54, 1.807) is 24.5 Å². The number of nitrogens with one attached hydrogen (secondary N) is 1. The van der Waals surface area contributed by atoms with Gasteiger partial charge in [0.05, 0.1) is 24.2 Å². The van der Waals surface area contributed by atoms with Crippen molar-refractivity contribution >= 4 is 10.0 Å². The van der Waals surface area contributed by atoms with E-state index >= 15 is 0 Å². The minimum Gasteiger partial charge on any atom is -0.379 e. The fraction of sp³-hybridized carbons (Fsp3) is 0.389. The van der Waals surface area contributed by atoms with Crippen molar-refractivity contribution in [1.29, 1.82) is 0 Å². The minimum atomic E-state index is -3.55. The zero-order valence-corrected chi connectivity index (χ0v) is 14.7. The number of nitrogens with zero attached hydrogens (tertiary/aromatic N) is 1. The molecule has 6 heteroatoms. The first-order valence-corrected chi connectivity index (χ1v) is 9.50. The Hall–Kier alpha value is -1.76. The van der Waals surface area contributed by atoms with E-state index in [0.29, 0.717) is 18.1 Å². The van der Waals surface area contributed by atoms with E-state index in [2.05, 4.69) is 9.71 Å². The number of pyridine rings is 1. The van der Waals surface area contributed by atoms with E-state index in [1.165, 1.54) is 0 Å². The third-order valence-corrected chi connectivity index (χ3v) is 6.03. The maximum atomic E-state index is 12.7. The van der Waals surface area contributed by atoms with E-state index in [9.17, 15) is 8.42 Å². The Morgan fingerprint density at radius 1 is 1.12 bits per heavy atom. The summed E-state index contributed by atoms with van der Waals surface area (Å²) in [4.78, 5) is 4.32. The van der Waals surface area contributed by atoms with Gasteiger partial charge in [-0.15, -0.1) is 0 Å². The lowest BCUT2D eigenvalue weighted by Crippen LogP contribution is -2.40. The Morgan fingerprint density at radius 2 is 1.88 bits per heavy atom. The molecular weight excluding hydrogens is 324 g/mol. The number of aryl methyl sites for hydroxylation is 2. The van der Waals surface area contributed by atoms with Gasteiger partial charge in [0.15, 0.2) is 0 Å². The zero-order valence-electron chi connectivity index (χ0n) is 13.9. The number of benzene rings is 1. The van der Waals surface area contributed by atoms with Crippen molar-refractivity contribution in [2.45, 2.75) is 31.2 Å². The highest BCUT2D eigenvalue weighted by atomic mass is 32.2. The summed E-state index contributed by atoms with van der Waals surface area (Å²) in [5.41, 5.74) is 3.18. The molecule has 1 aromatic carbocycles. The average molecular weight is 346 g/mol. The van der Waals surface area contributed by atoms with Gasteiger partial charge in [0.1, 0.15) is 0 Å². The first-order chi connectivity index (χ1) is 11.5. The SMILES string of the molecule is Cc1ccc(S(=O)(=O)N[C@@H]2COC[C@H]2Cc2ccncc2)cc1C. The van der Waals surface area contributed by atoms with Crippen LogP contribution < -0.4 is 4.72 Å². The average Bonchev–Trinajstić information content (AvgIpc) is 2.97. The molecule has 2 aromatic rings. The van der Waals surface area contributed by atoms with E-state index < -0.39 is 10.0 Å². The largest absolute Gasteiger partial charge is 0.379 e. The van der Waals surface area contributed by atoms with Crippen molar-refractivity contribution in [2.75, 3.05) is 13.2 Å². The van der Waals surface area contributed by atoms with Crippen LogP contribution in [0.15, 0.2) is 47.6 Å². The third kappa shape index (κ3) is 3.83. The normalized spacial score (nSPS) is 21.1. The Labute approximate surface area is 143 Å². The second-order valence-electron chi connectivity index (χ2n) is 6.33. The molecule has 1 aliphatic heterocycles. The van der Waals surface area contributed by atoms with Crippen LogP contribution >= 0.6 is 0 Å². The summed E-state index contributed by atoms with van der Waals surface area (Å²) in [7, 11) is -3.55. The Morgan fingerprint density at radius 3 is 2.58 bits per heavy atom. The van der Waals surface area contributed by atoms with Gasteiger partial charge in [-0.3, -0.25) is 4.98 Å². The molecule has 1 aliphatic rings. The van der Waals surface area contributed by atoms with Crippen LogP contribution in [0.1, 0.15) is 16.7 Å². The lowest BCUT2D eigenvalue weighted by molar-refractivity contribution is 0.183. The van der Waals surface area contributed by atoms with E-state index in [1.807, 2.05) is 32.0 Å². The number of ether oxygens (including phenoxy) is 1. The summed E-state index contributed by atoms with van der Waals surface area (Å²) >= 11 is 0. The van der Waals surface area contributed by atoms with E-state index in [4.69, 9.17) is 4.74 Å². The summed E-state index contributed by atoms with van der Waals surface area (Å²) in [5, 5.41) is 0. The number of hydrogen-bond acceptors (Lipinski definition) is 4. The summed E-state index contributed by atoms with van der Waals surface area (Å²) in [6, 6.07) is 8.89. The predicted molar refractivity (Wildman–Crippen MR) is 92.3 cm³/mol. The molecular formula is C18H22N2O3S. The Balaban J connectivity index is 1.74. The molecule has 5 nitrogen and oxygen atoms in total. The van der Waals surface area contributed by atoms with Gasteiger partial charge in [-0.1, -0.05) is 6.07 Å². The van der Waals surface area contributed by atoms with Crippen LogP contribution in [0.25, 0.3) is 0 Å². The van der Waals surface area contributed by atoms with Gasteiger partial charge < -0.3 is 4.74 Å². The Kier molecular flexibility index (Phi) is 4.99. The molecule has 128 valence electrons. The quantitative estimate of drug-likeness (QED) is 0.901. The second kappa shape index (κ2) is 7.01. The number of hydrogen-bond donors (Lipinski definition) is 1. The van der Waals surface area contributed by atoms with Crippen molar-refractivity contribution in [3.05, 3.63) is 59.4 Å². The summed E-state index contributed by atoms with van der Waals surface area (Å²) in [5.74, 6) is 0.119. The number of aromatic nitrogens is 1. The molecule has 0 bridgehead atoms. The van der Waals surface area contributed by atoms with Crippen molar-refractivity contribution in [3.8, 4) is 0 Å². The molecule has 1 aromatic heterocycles. The topological polar surface area (TPSA) is 68.3 Å². The third-order valence-electron chi connectivity index (χ3n) is 4.54. The van der Waals surface area contributed by atoms with Gasteiger partial charge in [0, 0.05) is 18.3 Å². The van der Waals surface area contributed by atoms with Crippen LogP contribution in [0.2, 0.25) is 0 Å². The van der Waals surface area contributed by atoms with E-state index in [0.717, 1.165) is 23.1 Å². The highest BCUT2D eigenvalue weighted by molar-refractivity contribution is 7.89. The lowest BCUT2D eigenvalue weighted by atomic mass is 9.96. The molecule has 24 heavy (non-hydrogen) atoms. The van der Waals surface area contributed by atoms with Crippen LogP contribution in [0.5, 0.6) is 0 Å². The van der Waals surface area contributed by atoms with Crippen molar-refractivity contribution < 1.29 is 13.2 Å². The minimum absolute atomic E-state index is 0.119. The molecule has 0 saturated carbocycles. The molecule has 0 aliphatic carbocycles. The fourth-order valence-corrected chi connectivity index (χ4v) is 4.27. The number of rotatable bonds is 5. The standard InChI is InChI=1S/C18H22N2O3S/c1-13-3-4-17(9-14(13)2)24(21,22)20-18-12-23-11-16(18)10-15-5-7-19-8-6-15/h3-9,16,18,20H,10-12H2,1-2H3/t16-,18-/m1/s1. The summed E-state index contributed by atoms with van der Waals surface area (Å²) in [6.07, 6.45) is 4.27. The fourth-order valence-electron chi connectivity index (χ4n) is 2.90. The molecule has 0 amide bonds. The maximum absolute atomic E-state index is 12.7. The van der Waals surface area contributed by atoms with Gasteiger partial charge in [-0.25, -0.2) is 13.1 Å². The molecule has 0 radical (unpaired) electrons. The molecule has 1 N–H and O–H groups in total. The molecule has 1 saturated heterocycles. The van der Waals surface area contributed by atoms with Gasteiger partial charge in [0.2, 0.25) is 10.0 Å². The molecule has 2 heterocycles. The first-order valence-electron chi connectivity index (χ1n) is 8.02. The highest BCUT2D eigenvalue weighted by Gasteiger charge is 2.32. The highest BCUT2D eigenvalue weighted by Crippen LogP contribution is 2.22. The molecule has 2 atom stereocenters. The van der Waals surface area contributed by atoms with Crippen LogP contribution in [0, 0.1) is 19.8 Å². The number of sulfonamides is 1. The van der Waals surface area contributed by atoms with Crippen molar-refractivity contribution in [1.82, 2.24) is 9.71 Å². The molecule has 0 spiro atoms. The molecule has 1 fully saturated rings. The van der Waals surface area contributed by atoms with Gasteiger partial charge in [-0.05, 0) is 61.2 Å². The van der Waals surface area contributed by atoms with Crippen molar-refractivity contribution in [2.24, 2.45) is 5.92 Å². The molecule has 0 unspecified atom stereocenters. The predicted octanol–water partition coefficient (Wildman–Crippen LogP) is 2.23. The zero-order chi connectivity index (χ0) is 17.2. The summed E-state index contributed by atoms with van der Waals surface area (Å²) in [6.45, 7) is 4.84. The maximum Gasteiger partial charge on any atom is 0.240 e. The van der Waals surface area contributed by atoms with Gasteiger partial charge in [-0.2, -0.15) is 0 Å². The van der Waals surface area contributed by atoms with Gasteiger partial charge >= 0.3 is 0 Å². The van der Waals surface area contributed by atoms with E-state index in [-0.39, 0.29) is 12.0 Å². The monoisotopic (exact) mass is 346 g/mol. The van der Waals surface area contributed by atoms with Crippen LogP contribution in [-0.4, -0.2) is 32.7 Å². The molecule has 3 rings (SSSR count). The van der Waals surface area contributed by atoms with Crippen LogP contribution in [0.4, 0.5) is 0 Å². The Bertz CT molecular complexity index is 806. The van der Waals surface area contributed by atoms with Crippen LogP contribution in [0.3, 0.4) is 0 Å². The van der Waals surface area contributed by atoms with Crippen LogP contribution in [-0.2, 0) is 21.2 Å². The lowest BCUT2D eigenvalue weighted by Gasteiger charge is -2.19. The van der Waals surface area contributed by atoms with Gasteiger partial charge in [0.25, 0.3) is 0 Å². The van der Waals surface area contributed by atoms with Crippen molar-refractivity contribution in [3.63, 3.8) is 0 Å².